The Balaban J connectivity index is 2.45. The molecule has 1 aromatic rings. The molecule has 2 amide bonds. The van der Waals surface area contributed by atoms with E-state index in [0.717, 1.165) is 12.2 Å². The summed E-state index contributed by atoms with van der Waals surface area (Å²) in [5, 5.41) is 8.71. The highest BCUT2D eigenvalue weighted by Gasteiger charge is 2.10. The molecule has 1 aromatic carbocycles. The summed E-state index contributed by atoms with van der Waals surface area (Å²) in [6, 6.07) is 7.37. The first kappa shape index (κ1) is 16.0. The number of carbonyl (C=O) groups is 2. The van der Waals surface area contributed by atoms with Crippen molar-refractivity contribution in [2.24, 2.45) is 5.92 Å². The van der Waals surface area contributed by atoms with Crippen LogP contribution in [0.15, 0.2) is 24.3 Å². The predicted octanol–water partition coefficient (Wildman–Crippen LogP) is 1.62. The Labute approximate surface area is 120 Å². The van der Waals surface area contributed by atoms with Crippen LogP contribution in [0.1, 0.15) is 31.1 Å². The Morgan fingerprint density at radius 2 is 1.75 bits per heavy atom. The Kier molecular flexibility index (Phi) is 6.56. The predicted molar refractivity (Wildman–Crippen MR) is 80.8 cm³/mol. The molecule has 0 radical (unpaired) electrons. The van der Waals surface area contributed by atoms with Gasteiger partial charge in [-0.1, -0.05) is 26.0 Å². The molecule has 0 aliphatic carbocycles. The number of nitrogens with one attached hydrogen (secondary N) is 3. The quantitative estimate of drug-likeness (QED) is 0.663. The lowest BCUT2D eigenvalue weighted by Gasteiger charge is -2.12. The zero-order valence-electron chi connectivity index (χ0n) is 12.3. The molecule has 0 saturated carbocycles. The van der Waals surface area contributed by atoms with E-state index in [1.165, 1.54) is 0 Å². The molecule has 110 valence electrons. The highest BCUT2D eigenvalue weighted by Crippen LogP contribution is 2.14. The summed E-state index contributed by atoms with van der Waals surface area (Å²) in [6.45, 7) is 7.26. The second kappa shape index (κ2) is 8.19. The second-order valence-electron chi connectivity index (χ2n) is 4.78. The van der Waals surface area contributed by atoms with Crippen molar-refractivity contribution in [1.29, 1.82) is 0 Å². The maximum atomic E-state index is 12.1. The van der Waals surface area contributed by atoms with Crippen LogP contribution in [0.4, 0.5) is 5.69 Å². The molecule has 0 aliphatic heterocycles. The fourth-order valence-corrected chi connectivity index (χ4v) is 1.69. The molecular weight excluding hydrogens is 254 g/mol. The molecular formula is C15H23N3O2. The fraction of sp³-hybridized carbons (Fsp3) is 0.467. The molecule has 1 rings (SSSR count). The number of anilines is 1. The Bertz CT molecular complexity index is 458. The van der Waals surface area contributed by atoms with Gasteiger partial charge in [-0.2, -0.15) is 0 Å². The standard InChI is InChI=1S/C15H23N3O2/c1-4-16-13-8-6-5-7-12(13)15(20)18-10-9-17-14(19)11(2)3/h5-8,11,16H,4,9-10H2,1-3H3,(H,17,19)(H,18,20). The molecule has 0 unspecified atom stereocenters. The second-order valence-corrected chi connectivity index (χ2v) is 4.78. The first-order valence-electron chi connectivity index (χ1n) is 6.95. The van der Waals surface area contributed by atoms with E-state index < -0.39 is 0 Å². The number of rotatable bonds is 7. The van der Waals surface area contributed by atoms with Gasteiger partial charge in [-0.25, -0.2) is 0 Å². The Morgan fingerprint density at radius 1 is 1.10 bits per heavy atom. The lowest BCUT2D eigenvalue weighted by Crippen LogP contribution is -2.36. The minimum atomic E-state index is -0.139. The van der Waals surface area contributed by atoms with Crippen molar-refractivity contribution in [3.8, 4) is 0 Å². The zero-order chi connectivity index (χ0) is 15.0. The summed E-state index contributed by atoms with van der Waals surface area (Å²) in [7, 11) is 0. The molecule has 0 aromatic heterocycles. The van der Waals surface area contributed by atoms with Gasteiger partial charge in [0.05, 0.1) is 5.56 Å². The number of benzene rings is 1. The van der Waals surface area contributed by atoms with Crippen LogP contribution in [0.5, 0.6) is 0 Å². The third kappa shape index (κ3) is 4.91. The normalized spacial score (nSPS) is 10.2. The average molecular weight is 277 g/mol. The van der Waals surface area contributed by atoms with Crippen molar-refractivity contribution in [3.05, 3.63) is 29.8 Å². The number of amides is 2. The molecule has 0 spiro atoms. The number of hydrogen-bond donors (Lipinski definition) is 3. The van der Waals surface area contributed by atoms with Crippen LogP contribution in [0.25, 0.3) is 0 Å². The fourth-order valence-electron chi connectivity index (χ4n) is 1.69. The Hall–Kier alpha value is -2.04. The molecule has 0 aliphatic rings. The van der Waals surface area contributed by atoms with Gasteiger partial charge in [-0.05, 0) is 19.1 Å². The number of para-hydroxylation sites is 1. The number of hydrogen-bond acceptors (Lipinski definition) is 3. The molecule has 5 nitrogen and oxygen atoms in total. The third-order valence-corrected chi connectivity index (χ3v) is 2.77. The largest absolute Gasteiger partial charge is 0.385 e. The van der Waals surface area contributed by atoms with Gasteiger partial charge < -0.3 is 16.0 Å². The minimum Gasteiger partial charge on any atom is -0.385 e. The highest BCUT2D eigenvalue weighted by atomic mass is 16.2. The van der Waals surface area contributed by atoms with E-state index >= 15 is 0 Å². The Morgan fingerprint density at radius 3 is 2.40 bits per heavy atom. The van der Waals surface area contributed by atoms with E-state index in [2.05, 4.69) is 16.0 Å². The maximum Gasteiger partial charge on any atom is 0.253 e. The van der Waals surface area contributed by atoms with Crippen molar-refractivity contribution >= 4 is 17.5 Å². The molecule has 0 atom stereocenters. The summed E-state index contributed by atoms with van der Waals surface area (Å²) in [6.07, 6.45) is 0. The summed E-state index contributed by atoms with van der Waals surface area (Å²) < 4.78 is 0. The van der Waals surface area contributed by atoms with Gasteiger partial charge in [0.2, 0.25) is 5.91 Å². The molecule has 5 heteroatoms. The third-order valence-electron chi connectivity index (χ3n) is 2.77. The zero-order valence-corrected chi connectivity index (χ0v) is 12.3. The van der Waals surface area contributed by atoms with E-state index in [1.807, 2.05) is 39.0 Å². The maximum absolute atomic E-state index is 12.1. The molecule has 0 saturated heterocycles. The summed E-state index contributed by atoms with van der Waals surface area (Å²) in [5.74, 6) is -0.187. The summed E-state index contributed by atoms with van der Waals surface area (Å²) >= 11 is 0. The van der Waals surface area contributed by atoms with Gasteiger partial charge in [-0.15, -0.1) is 0 Å². The van der Waals surface area contributed by atoms with Gasteiger partial charge in [-0.3, -0.25) is 9.59 Å². The van der Waals surface area contributed by atoms with Crippen LogP contribution >= 0.6 is 0 Å². The van der Waals surface area contributed by atoms with E-state index in [4.69, 9.17) is 0 Å². The van der Waals surface area contributed by atoms with Crippen LogP contribution in [0, 0.1) is 5.92 Å². The van der Waals surface area contributed by atoms with Gasteiger partial charge in [0.1, 0.15) is 0 Å². The SMILES string of the molecule is CCNc1ccccc1C(=O)NCCNC(=O)C(C)C. The smallest absolute Gasteiger partial charge is 0.253 e. The van der Waals surface area contributed by atoms with Crippen molar-refractivity contribution < 1.29 is 9.59 Å². The summed E-state index contributed by atoms with van der Waals surface area (Å²) in [5.41, 5.74) is 1.43. The van der Waals surface area contributed by atoms with Crippen LogP contribution in [0.3, 0.4) is 0 Å². The molecule has 20 heavy (non-hydrogen) atoms. The van der Waals surface area contributed by atoms with E-state index in [0.29, 0.717) is 18.7 Å². The number of carbonyl (C=O) groups excluding carboxylic acids is 2. The van der Waals surface area contributed by atoms with Crippen molar-refractivity contribution in [1.82, 2.24) is 10.6 Å². The van der Waals surface area contributed by atoms with Crippen LogP contribution in [-0.4, -0.2) is 31.4 Å². The highest BCUT2D eigenvalue weighted by molar-refractivity contribution is 5.99. The van der Waals surface area contributed by atoms with E-state index in [9.17, 15) is 9.59 Å². The van der Waals surface area contributed by atoms with E-state index in [-0.39, 0.29) is 17.7 Å². The molecule has 3 N–H and O–H groups in total. The molecule has 0 heterocycles. The lowest BCUT2D eigenvalue weighted by molar-refractivity contribution is -0.123. The van der Waals surface area contributed by atoms with Gasteiger partial charge in [0.25, 0.3) is 5.91 Å². The van der Waals surface area contributed by atoms with Crippen LogP contribution < -0.4 is 16.0 Å². The average Bonchev–Trinajstić information content (AvgIpc) is 2.44. The lowest BCUT2D eigenvalue weighted by atomic mass is 10.1. The van der Waals surface area contributed by atoms with Gasteiger partial charge >= 0.3 is 0 Å². The first-order valence-corrected chi connectivity index (χ1v) is 6.95. The van der Waals surface area contributed by atoms with Crippen molar-refractivity contribution in [3.63, 3.8) is 0 Å². The van der Waals surface area contributed by atoms with Crippen molar-refractivity contribution in [2.45, 2.75) is 20.8 Å². The molecule has 0 bridgehead atoms. The van der Waals surface area contributed by atoms with E-state index in [1.54, 1.807) is 6.07 Å². The minimum absolute atomic E-state index is 0.00713. The first-order chi connectivity index (χ1) is 9.56. The van der Waals surface area contributed by atoms with Gasteiger partial charge in [0.15, 0.2) is 0 Å². The molecule has 0 fully saturated rings. The van der Waals surface area contributed by atoms with Crippen molar-refractivity contribution in [2.75, 3.05) is 25.0 Å². The van der Waals surface area contributed by atoms with Gasteiger partial charge in [0, 0.05) is 31.2 Å². The van der Waals surface area contributed by atoms with Crippen LogP contribution in [-0.2, 0) is 4.79 Å². The monoisotopic (exact) mass is 277 g/mol. The topological polar surface area (TPSA) is 70.2 Å². The summed E-state index contributed by atoms with van der Waals surface area (Å²) in [4.78, 5) is 23.4. The van der Waals surface area contributed by atoms with Crippen LogP contribution in [0.2, 0.25) is 0 Å².